The third-order valence-electron chi connectivity index (χ3n) is 6.91. The lowest BCUT2D eigenvalue weighted by Crippen LogP contribution is -2.16. The molecule has 4 nitrogen and oxygen atoms in total. The van der Waals surface area contributed by atoms with Crippen LogP contribution in [0, 0.1) is 0 Å². The van der Waals surface area contributed by atoms with E-state index in [-0.39, 0.29) is 11.2 Å². The number of carbonyl (C=O) groups excluding carboxylic acids is 2. The summed E-state index contributed by atoms with van der Waals surface area (Å²) in [7, 11) is 0. The maximum Gasteiger partial charge on any atom is 0.412 e. The van der Waals surface area contributed by atoms with Gasteiger partial charge in [-0.15, -0.1) is 11.3 Å². The number of hydrogen-bond donors (Lipinski definition) is 1. The number of ketones is 1. The molecule has 1 heterocycles. The highest BCUT2D eigenvalue weighted by atomic mass is 35.5. The van der Waals surface area contributed by atoms with Gasteiger partial charge in [-0.05, 0) is 61.1 Å². The molecule has 0 aliphatic heterocycles. The maximum atomic E-state index is 12.6. The van der Waals surface area contributed by atoms with Gasteiger partial charge in [0.25, 0.3) is 0 Å². The zero-order chi connectivity index (χ0) is 26.2. The molecule has 1 fully saturated rings. The highest BCUT2D eigenvalue weighted by molar-refractivity contribution is 7.20. The smallest absolute Gasteiger partial charge is 0.412 e. The van der Waals surface area contributed by atoms with E-state index in [2.05, 4.69) is 29.6 Å². The number of halogens is 2. The largest absolute Gasteiger partial charge is 0.441 e. The van der Waals surface area contributed by atoms with Crippen LogP contribution in [0.2, 0.25) is 9.36 Å². The fourth-order valence-electron chi connectivity index (χ4n) is 4.60. The lowest BCUT2D eigenvalue weighted by Gasteiger charge is -2.15. The minimum atomic E-state index is -0.584. The Bertz CT molecular complexity index is 1460. The molecule has 3 aromatic carbocycles. The minimum absolute atomic E-state index is 0.242. The van der Waals surface area contributed by atoms with Gasteiger partial charge in [0.05, 0.1) is 20.3 Å². The number of benzene rings is 3. The van der Waals surface area contributed by atoms with Crippen molar-refractivity contribution in [3.8, 4) is 21.6 Å². The number of anilines is 1. The summed E-state index contributed by atoms with van der Waals surface area (Å²) in [5.41, 5.74) is 5.22. The standard InChI is InChI=1S/C30H25Cl2NO3S/c1-18(24-5-3-4-6-25(24)31)36-29(35)33-26-17-27(32)37-28(26)22-9-7-20(8-10-22)21-11-13-23(14-12-21)30(15-16-30)19(2)34/h3-14,17-18H,15-16H2,1-2H3,(H,33,35). The molecule has 188 valence electrons. The van der Waals surface area contributed by atoms with E-state index in [1.807, 2.05) is 42.5 Å². The van der Waals surface area contributed by atoms with Crippen molar-refractivity contribution < 1.29 is 14.3 Å². The van der Waals surface area contributed by atoms with Crippen LogP contribution in [0.4, 0.5) is 10.5 Å². The van der Waals surface area contributed by atoms with Crippen LogP contribution >= 0.6 is 34.5 Å². The number of Topliss-reactive ketones (excluding diaryl/α,β-unsaturated/α-hetero) is 1. The molecule has 1 aromatic heterocycles. The molecule has 1 aliphatic rings. The summed E-state index contributed by atoms with van der Waals surface area (Å²) in [6.07, 6.45) is 0.770. The molecule has 5 rings (SSSR count). The summed E-state index contributed by atoms with van der Waals surface area (Å²) >= 11 is 13.9. The van der Waals surface area contributed by atoms with Crippen molar-refractivity contribution in [3.05, 3.63) is 99.3 Å². The number of nitrogens with one attached hydrogen (secondary N) is 1. The Morgan fingerprint density at radius 3 is 2.11 bits per heavy atom. The first-order valence-electron chi connectivity index (χ1n) is 12.0. The van der Waals surface area contributed by atoms with E-state index in [0.29, 0.717) is 15.0 Å². The molecule has 4 aromatic rings. The van der Waals surface area contributed by atoms with Crippen LogP contribution in [0.3, 0.4) is 0 Å². The van der Waals surface area contributed by atoms with E-state index in [9.17, 15) is 9.59 Å². The molecule has 1 atom stereocenters. The number of rotatable bonds is 7. The molecule has 1 unspecified atom stereocenters. The van der Waals surface area contributed by atoms with Crippen LogP contribution in [-0.2, 0) is 14.9 Å². The van der Waals surface area contributed by atoms with E-state index < -0.39 is 12.2 Å². The second-order valence-electron chi connectivity index (χ2n) is 9.28. The zero-order valence-corrected chi connectivity index (χ0v) is 22.7. The maximum absolute atomic E-state index is 12.6. The lowest BCUT2D eigenvalue weighted by molar-refractivity contribution is -0.119. The van der Waals surface area contributed by atoms with Gasteiger partial charge < -0.3 is 4.74 Å². The highest BCUT2D eigenvalue weighted by Crippen LogP contribution is 2.49. The molecule has 0 spiro atoms. The molecule has 1 amide bonds. The Kier molecular flexibility index (Phi) is 7.13. The first-order chi connectivity index (χ1) is 17.8. The van der Waals surface area contributed by atoms with Crippen molar-refractivity contribution in [2.24, 2.45) is 0 Å². The quantitative estimate of drug-likeness (QED) is 0.249. The van der Waals surface area contributed by atoms with Gasteiger partial charge in [0.2, 0.25) is 0 Å². The van der Waals surface area contributed by atoms with Gasteiger partial charge in [-0.25, -0.2) is 4.79 Å². The first-order valence-corrected chi connectivity index (χ1v) is 13.6. The number of carbonyl (C=O) groups is 2. The average molecular weight is 551 g/mol. The number of amides is 1. The van der Waals surface area contributed by atoms with Crippen LogP contribution in [0.15, 0.2) is 78.9 Å². The molecule has 0 bridgehead atoms. The summed E-state index contributed by atoms with van der Waals surface area (Å²) in [5.74, 6) is 0.242. The molecule has 7 heteroatoms. The van der Waals surface area contributed by atoms with Crippen LogP contribution in [0.25, 0.3) is 21.6 Å². The number of hydrogen-bond acceptors (Lipinski definition) is 4. The predicted molar refractivity (Wildman–Crippen MR) is 152 cm³/mol. The highest BCUT2D eigenvalue weighted by Gasteiger charge is 2.48. The van der Waals surface area contributed by atoms with Crippen molar-refractivity contribution in [1.29, 1.82) is 0 Å². The zero-order valence-electron chi connectivity index (χ0n) is 20.4. The van der Waals surface area contributed by atoms with Gasteiger partial charge in [0.15, 0.2) is 0 Å². The van der Waals surface area contributed by atoms with Crippen LogP contribution in [-0.4, -0.2) is 11.9 Å². The van der Waals surface area contributed by atoms with Gasteiger partial charge in [0, 0.05) is 10.6 Å². The summed E-state index contributed by atoms with van der Waals surface area (Å²) < 4.78 is 6.12. The van der Waals surface area contributed by atoms with Gasteiger partial charge in [-0.2, -0.15) is 0 Å². The second-order valence-corrected chi connectivity index (χ2v) is 11.4. The Balaban J connectivity index is 1.30. The van der Waals surface area contributed by atoms with E-state index in [0.717, 1.165) is 45.5 Å². The van der Waals surface area contributed by atoms with Crippen LogP contribution in [0.1, 0.15) is 43.9 Å². The van der Waals surface area contributed by atoms with Gasteiger partial charge >= 0.3 is 6.09 Å². The summed E-state index contributed by atoms with van der Waals surface area (Å²) in [6, 6.07) is 25.3. The fourth-order valence-corrected chi connectivity index (χ4v) is 6.08. The third-order valence-corrected chi connectivity index (χ3v) is 8.56. The lowest BCUT2D eigenvalue weighted by atomic mass is 9.90. The fraction of sp³-hybridized carbons (Fsp3) is 0.200. The van der Waals surface area contributed by atoms with E-state index >= 15 is 0 Å². The second kappa shape index (κ2) is 10.3. The molecule has 1 N–H and O–H groups in total. The molecule has 37 heavy (non-hydrogen) atoms. The first kappa shape index (κ1) is 25.5. The van der Waals surface area contributed by atoms with Crippen molar-refractivity contribution in [2.75, 3.05) is 5.32 Å². The predicted octanol–water partition coefficient (Wildman–Crippen LogP) is 9.32. The van der Waals surface area contributed by atoms with Crippen molar-refractivity contribution in [2.45, 2.75) is 38.2 Å². The van der Waals surface area contributed by atoms with Crippen molar-refractivity contribution in [1.82, 2.24) is 0 Å². The number of ether oxygens (including phenoxy) is 1. The van der Waals surface area contributed by atoms with Crippen LogP contribution < -0.4 is 5.32 Å². The summed E-state index contributed by atoms with van der Waals surface area (Å²) in [4.78, 5) is 25.5. The molecule has 0 radical (unpaired) electrons. The molecule has 0 saturated heterocycles. The van der Waals surface area contributed by atoms with Gasteiger partial charge in [-0.3, -0.25) is 10.1 Å². The molecule has 1 aliphatic carbocycles. The Labute approximate surface area is 230 Å². The van der Waals surface area contributed by atoms with Gasteiger partial charge in [-0.1, -0.05) is 89.9 Å². The number of thiophene rings is 1. The SMILES string of the molecule is CC(=O)C1(c2ccc(-c3ccc(-c4sc(Cl)cc4NC(=O)OC(C)c4ccccc4Cl)cc3)cc2)CC1. The van der Waals surface area contributed by atoms with Crippen LogP contribution in [0.5, 0.6) is 0 Å². The Morgan fingerprint density at radius 2 is 1.51 bits per heavy atom. The monoisotopic (exact) mass is 549 g/mol. The van der Waals surface area contributed by atoms with E-state index in [1.165, 1.54) is 11.3 Å². The minimum Gasteiger partial charge on any atom is -0.441 e. The third kappa shape index (κ3) is 5.30. The summed E-state index contributed by atoms with van der Waals surface area (Å²) in [5, 5.41) is 3.37. The van der Waals surface area contributed by atoms with Crippen molar-refractivity contribution in [3.63, 3.8) is 0 Å². The molecular weight excluding hydrogens is 525 g/mol. The Hall–Kier alpha value is -3.12. The average Bonchev–Trinajstić information content (AvgIpc) is 3.62. The van der Waals surface area contributed by atoms with Gasteiger partial charge in [0.1, 0.15) is 11.9 Å². The normalized spacial score (nSPS) is 14.6. The molecule has 1 saturated carbocycles. The Morgan fingerprint density at radius 1 is 0.919 bits per heavy atom. The molecular formula is C30H25Cl2NO3S. The topological polar surface area (TPSA) is 55.4 Å². The summed E-state index contributed by atoms with van der Waals surface area (Å²) in [6.45, 7) is 3.46. The van der Waals surface area contributed by atoms with E-state index in [4.69, 9.17) is 27.9 Å². The van der Waals surface area contributed by atoms with Crippen molar-refractivity contribution >= 4 is 52.1 Å². The van der Waals surface area contributed by atoms with E-state index in [1.54, 1.807) is 26.0 Å².